The van der Waals surface area contributed by atoms with Crippen LogP contribution in [0.4, 0.5) is 0 Å². The summed E-state index contributed by atoms with van der Waals surface area (Å²) in [5.41, 5.74) is 0. The first kappa shape index (κ1) is 59.2. The average molecular weight is 890 g/mol. The van der Waals surface area contributed by atoms with Crippen LogP contribution in [0.3, 0.4) is 0 Å². The van der Waals surface area contributed by atoms with E-state index in [0.717, 1.165) is 70.6 Å². The van der Waals surface area contributed by atoms with Crippen molar-refractivity contribution >= 4 is 5.91 Å². The molecule has 1 rings (SSSR count). The molecule has 1 heterocycles. The minimum absolute atomic E-state index is 0.203. The van der Waals surface area contributed by atoms with Crippen LogP contribution in [0.1, 0.15) is 232 Å². The lowest BCUT2D eigenvalue weighted by Gasteiger charge is -2.40. The molecule has 0 aliphatic carbocycles. The van der Waals surface area contributed by atoms with Crippen LogP contribution in [0.25, 0.3) is 0 Å². The molecule has 9 heteroatoms. The summed E-state index contributed by atoms with van der Waals surface area (Å²) in [6.07, 6.45) is 50.5. The molecule has 1 fully saturated rings. The molecule has 63 heavy (non-hydrogen) atoms. The van der Waals surface area contributed by atoms with Gasteiger partial charge >= 0.3 is 0 Å². The van der Waals surface area contributed by atoms with Crippen molar-refractivity contribution in [3.63, 3.8) is 0 Å². The molecule has 0 aromatic heterocycles. The van der Waals surface area contributed by atoms with Gasteiger partial charge in [0.05, 0.1) is 25.4 Å². The maximum Gasteiger partial charge on any atom is 0.220 e. The smallest absolute Gasteiger partial charge is 0.220 e. The fourth-order valence-corrected chi connectivity index (χ4v) is 8.11. The van der Waals surface area contributed by atoms with E-state index in [4.69, 9.17) is 9.47 Å². The highest BCUT2D eigenvalue weighted by Gasteiger charge is 2.44. The van der Waals surface area contributed by atoms with Crippen molar-refractivity contribution in [2.75, 3.05) is 13.2 Å². The van der Waals surface area contributed by atoms with Gasteiger partial charge in [-0.25, -0.2) is 0 Å². The van der Waals surface area contributed by atoms with Gasteiger partial charge in [-0.2, -0.15) is 0 Å². The normalized spacial score (nSPS) is 20.5. The number of amides is 1. The van der Waals surface area contributed by atoms with E-state index in [2.05, 4.69) is 55.6 Å². The zero-order valence-corrected chi connectivity index (χ0v) is 40.6. The van der Waals surface area contributed by atoms with Crippen LogP contribution < -0.4 is 5.32 Å². The average Bonchev–Trinajstić information content (AvgIpc) is 3.28. The Hall–Kier alpha value is -1.85. The molecule has 0 radical (unpaired) electrons. The van der Waals surface area contributed by atoms with Gasteiger partial charge in [0, 0.05) is 6.42 Å². The first-order chi connectivity index (χ1) is 30.8. The summed E-state index contributed by atoms with van der Waals surface area (Å²) in [6.45, 7) is 3.71. The third kappa shape index (κ3) is 34.2. The van der Waals surface area contributed by atoms with Gasteiger partial charge in [0.2, 0.25) is 5.91 Å². The summed E-state index contributed by atoms with van der Waals surface area (Å²) in [5, 5.41) is 54.2. The first-order valence-corrected chi connectivity index (χ1v) is 26.4. The zero-order chi connectivity index (χ0) is 45.9. The summed E-state index contributed by atoms with van der Waals surface area (Å²) in [6, 6.07) is -0.832. The van der Waals surface area contributed by atoms with Crippen LogP contribution in [-0.4, -0.2) is 87.5 Å². The molecule has 1 amide bonds. The minimum Gasteiger partial charge on any atom is -0.394 e. The summed E-state index contributed by atoms with van der Waals surface area (Å²) in [4.78, 5) is 12.9. The molecule has 6 N–H and O–H groups in total. The molecule has 0 spiro atoms. The molecule has 9 nitrogen and oxygen atoms in total. The van der Waals surface area contributed by atoms with Crippen molar-refractivity contribution in [1.29, 1.82) is 0 Å². The van der Waals surface area contributed by atoms with E-state index in [1.165, 1.54) is 141 Å². The number of allylic oxidation sites excluding steroid dienone is 7. The molecule has 7 unspecified atom stereocenters. The highest BCUT2D eigenvalue weighted by atomic mass is 16.7. The minimum atomic E-state index is -1.58. The number of rotatable bonds is 44. The van der Waals surface area contributed by atoms with Crippen LogP contribution in [0.2, 0.25) is 0 Å². The topological polar surface area (TPSA) is 149 Å². The quantitative estimate of drug-likeness (QED) is 0.0262. The Bertz CT molecular complexity index is 1130. The second-order valence-corrected chi connectivity index (χ2v) is 18.3. The van der Waals surface area contributed by atoms with Gasteiger partial charge < -0.3 is 40.3 Å². The summed E-state index contributed by atoms with van der Waals surface area (Å²) in [5.74, 6) is -0.203. The van der Waals surface area contributed by atoms with Crippen molar-refractivity contribution in [3.05, 3.63) is 48.6 Å². The van der Waals surface area contributed by atoms with Gasteiger partial charge in [0.15, 0.2) is 6.29 Å². The molecule has 0 saturated carbocycles. The van der Waals surface area contributed by atoms with E-state index in [9.17, 15) is 30.3 Å². The molecule has 7 atom stereocenters. The van der Waals surface area contributed by atoms with Gasteiger partial charge in [-0.05, 0) is 64.2 Å². The molecule has 1 saturated heterocycles. The SMILES string of the molecule is CCCC/C=C\CCCCCCCC(=O)NC(COC1OC(CO)C(O)C(O)C1O)C(O)/C=C/CC/C=C/CC/C=C/CCCCCCCCCCCCCCCCCCCCC. The van der Waals surface area contributed by atoms with Gasteiger partial charge in [-0.15, -0.1) is 0 Å². The first-order valence-electron chi connectivity index (χ1n) is 26.4. The van der Waals surface area contributed by atoms with Gasteiger partial charge in [-0.1, -0.05) is 210 Å². The fourth-order valence-electron chi connectivity index (χ4n) is 8.11. The number of nitrogens with one attached hydrogen (secondary N) is 1. The van der Waals surface area contributed by atoms with E-state index in [0.29, 0.717) is 6.42 Å². The number of carbonyl (C=O) groups is 1. The predicted molar refractivity (Wildman–Crippen MR) is 263 cm³/mol. The van der Waals surface area contributed by atoms with Gasteiger partial charge in [0.25, 0.3) is 0 Å². The van der Waals surface area contributed by atoms with E-state index in [1.807, 2.05) is 6.08 Å². The second kappa shape index (κ2) is 44.0. The standard InChI is InChI=1S/C54H99NO8/c1-3-5-7-9-11-13-15-16-17-18-19-20-21-22-23-24-25-26-27-28-29-30-31-32-34-35-37-39-41-43-48(57)47(46-62-54-53(61)52(60)51(59)49(45-56)63-54)55-50(58)44-42-40-38-36-33-14-12-10-8-6-4-2/h10,12,29-30,34-35,41,43,47-49,51-54,56-57,59-61H,3-9,11,13-28,31-33,36-40,42,44-46H2,1-2H3,(H,55,58)/b12-10-,30-29+,35-34+,43-41+. The number of hydrogen-bond donors (Lipinski definition) is 6. The highest BCUT2D eigenvalue weighted by Crippen LogP contribution is 2.23. The Balaban J connectivity index is 2.24. The van der Waals surface area contributed by atoms with Crippen LogP contribution >= 0.6 is 0 Å². The molecular formula is C54H99NO8. The lowest BCUT2D eigenvalue weighted by Crippen LogP contribution is -2.60. The molecular weight excluding hydrogens is 791 g/mol. The molecule has 368 valence electrons. The monoisotopic (exact) mass is 890 g/mol. The lowest BCUT2D eigenvalue weighted by molar-refractivity contribution is -0.302. The van der Waals surface area contributed by atoms with E-state index < -0.39 is 49.5 Å². The number of aliphatic hydroxyl groups is 5. The maximum atomic E-state index is 12.9. The third-order valence-electron chi connectivity index (χ3n) is 12.4. The number of carbonyl (C=O) groups excluding carboxylic acids is 1. The van der Waals surface area contributed by atoms with Crippen molar-refractivity contribution in [2.24, 2.45) is 0 Å². The summed E-state index contributed by atoms with van der Waals surface area (Å²) in [7, 11) is 0. The molecule has 1 aliphatic heterocycles. The van der Waals surface area contributed by atoms with Crippen molar-refractivity contribution in [2.45, 2.75) is 275 Å². The second-order valence-electron chi connectivity index (χ2n) is 18.3. The Morgan fingerprint density at radius 2 is 0.921 bits per heavy atom. The van der Waals surface area contributed by atoms with E-state index >= 15 is 0 Å². The summed E-state index contributed by atoms with van der Waals surface area (Å²) < 4.78 is 11.2. The van der Waals surface area contributed by atoms with Crippen molar-refractivity contribution in [1.82, 2.24) is 5.32 Å². The molecule has 1 aliphatic rings. The van der Waals surface area contributed by atoms with E-state index in [1.54, 1.807) is 6.08 Å². The van der Waals surface area contributed by atoms with Crippen LogP contribution in [0.5, 0.6) is 0 Å². The Morgan fingerprint density at radius 1 is 0.524 bits per heavy atom. The highest BCUT2D eigenvalue weighted by molar-refractivity contribution is 5.76. The number of unbranched alkanes of at least 4 members (excludes halogenated alkanes) is 28. The Morgan fingerprint density at radius 3 is 1.38 bits per heavy atom. The molecule has 0 aromatic carbocycles. The zero-order valence-electron chi connectivity index (χ0n) is 40.6. The van der Waals surface area contributed by atoms with Crippen molar-refractivity contribution < 1.29 is 39.8 Å². The van der Waals surface area contributed by atoms with Gasteiger partial charge in [0.1, 0.15) is 24.4 Å². The largest absolute Gasteiger partial charge is 0.394 e. The Labute approximate surface area is 386 Å². The number of hydrogen-bond acceptors (Lipinski definition) is 8. The number of aliphatic hydroxyl groups excluding tert-OH is 5. The van der Waals surface area contributed by atoms with Crippen LogP contribution in [0.15, 0.2) is 48.6 Å². The number of ether oxygens (including phenoxy) is 2. The van der Waals surface area contributed by atoms with Gasteiger partial charge in [-0.3, -0.25) is 4.79 Å². The molecule has 0 aromatic rings. The lowest BCUT2D eigenvalue weighted by atomic mass is 9.99. The fraction of sp³-hybridized carbons (Fsp3) is 0.833. The predicted octanol–water partition coefficient (Wildman–Crippen LogP) is 12.2. The van der Waals surface area contributed by atoms with Crippen LogP contribution in [0, 0.1) is 0 Å². The van der Waals surface area contributed by atoms with E-state index in [-0.39, 0.29) is 12.5 Å². The Kier molecular flexibility index (Phi) is 41.3. The maximum absolute atomic E-state index is 12.9. The third-order valence-corrected chi connectivity index (χ3v) is 12.4. The van der Waals surface area contributed by atoms with Crippen LogP contribution in [-0.2, 0) is 14.3 Å². The molecule has 0 bridgehead atoms. The summed E-state index contributed by atoms with van der Waals surface area (Å²) >= 11 is 0. The van der Waals surface area contributed by atoms with Crippen molar-refractivity contribution in [3.8, 4) is 0 Å².